The molecule has 0 aromatic heterocycles. The molecule has 2 N–H and O–H groups in total. The summed E-state index contributed by atoms with van der Waals surface area (Å²) in [7, 11) is 0. The van der Waals surface area contributed by atoms with Gasteiger partial charge < -0.3 is 15.2 Å². The first-order valence-corrected chi connectivity index (χ1v) is 6.88. The fraction of sp³-hybridized carbons (Fsp3) is 0.467. The van der Waals surface area contributed by atoms with Gasteiger partial charge in [-0.1, -0.05) is 12.1 Å². The third-order valence-corrected chi connectivity index (χ3v) is 4.11. The number of aliphatic carboxylic acids is 1. The maximum Gasteiger partial charge on any atom is 0.329 e. The second-order valence-corrected chi connectivity index (χ2v) is 5.51. The van der Waals surface area contributed by atoms with Gasteiger partial charge in [-0.2, -0.15) is 0 Å². The Morgan fingerprint density at radius 3 is 2.80 bits per heavy atom. The fourth-order valence-electron chi connectivity index (χ4n) is 2.77. The molecule has 1 aliphatic heterocycles. The molecule has 1 fully saturated rings. The van der Waals surface area contributed by atoms with E-state index < -0.39 is 11.5 Å². The standard InChI is InChI=1S/C15H17NO4/c17-13(16-15(14(18)19)5-1-6-15)9-10-2-3-12-11(8-10)4-7-20-12/h2-3,8H,1,4-7,9H2,(H,16,17)(H,18,19). The molecule has 3 rings (SSSR count). The van der Waals surface area contributed by atoms with Gasteiger partial charge in [-0.25, -0.2) is 4.79 Å². The first-order valence-electron chi connectivity index (χ1n) is 6.88. The Morgan fingerprint density at radius 2 is 2.15 bits per heavy atom. The van der Waals surface area contributed by atoms with Crippen LogP contribution in [0.5, 0.6) is 5.75 Å². The van der Waals surface area contributed by atoms with Gasteiger partial charge in [-0.15, -0.1) is 0 Å². The van der Waals surface area contributed by atoms with Crippen molar-refractivity contribution in [3.8, 4) is 5.75 Å². The summed E-state index contributed by atoms with van der Waals surface area (Å²) in [5, 5.41) is 11.9. The predicted octanol–water partition coefficient (Wildman–Crippen LogP) is 1.29. The highest BCUT2D eigenvalue weighted by molar-refractivity contribution is 5.88. The van der Waals surface area contributed by atoms with E-state index in [1.807, 2.05) is 18.2 Å². The number of hydrogen-bond acceptors (Lipinski definition) is 3. The largest absolute Gasteiger partial charge is 0.493 e. The van der Waals surface area contributed by atoms with Crippen molar-refractivity contribution in [2.24, 2.45) is 0 Å². The summed E-state index contributed by atoms with van der Waals surface area (Å²) in [6.45, 7) is 0.688. The van der Waals surface area contributed by atoms with Crippen LogP contribution in [0, 0.1) is 0 Å². The van der Waals surface area contributed by atoms with Gasteiger partial charge in [0.1, 0.15) is 11.3 Å². The summed E-state index contributed by atoms with van der Waals surface area (Å²) in [6, 6.07) is 5.70. The van der Waals surface area contributed by atoms with Gasteiger partial charge in [0.2, 0.25) is 5.91 Å². The van der Waals surface area contributed by atoms with E-state index in [0.29, 0.717) is 19.4 Å². The number of hydrogen-bond donors (Lipinski definition) is 2. The quantitative estimate of drug-likeness (QED) is 0.868. The molecule has 5 nitrogen and oxygen atoms in total. The molecule has 5 heteroatoms. The average molecular weight is 275 g/mol. The average Bonchev–Trinajstić information content (AvgIpc) is 2.80. The SMILES string of the molecule is O=C(Cc1ccc2c(c1)CCO2)NC1(C(=O)O)CCC1. The summed E-state index contributed by atoms with van der Waals surface area (Å²) in [4.78, 5) is 23.2. The molecule has 2 aliphatic rings. The maximum absolute atomic E-state index is 12.0. The van der Waals surface area contributed by atoms with Gasteiger partial charge in [-0.3, -0.25) is 4.79 Å². The summed E-state index contributed by atoms with van der Waals surface area (Å²) in [5.41, 5.74) is 0.982. The van der Waals surface area contributed by atoms with Crippen LogP contribution in [0.15, 0.2) is 18.2 Å². The van der Waals surface area contributed by atoms with Gasteiger partial charge in [0, 0.05) is 6.42 Å². The zero-order chi connectivity index (χ0) is 14.2. The molecule has 1 aromatic carbocycles. The number of ether oxygens (including phenoxy) is 1. The molecular formula is C15H17NO4. The van der Waals surface area contributed by atoms with Crippen LogP contribution >= 0.6 is 0 Å². The number of carboxylic acids is 1. The molecule has 20 heavy (non-hydrogen) atoms. The summed E-state index contributed by atoms with van der Waals surface area (Å²) < 4.78 is 5.42. The maximum atomic E-state index is 12.0. The van der Waals surface area contributed by atoms with Gasteiger partial charge in [-0.05, 0) is 36.5 Å². The van der Waals surface area contributed by atoms with E-state index in [2.05, 4.69) is 5.32 Å². The topological polar surface area (TPSA) is 75.6 Å². The lowest BCUT2D eigenvalue weighted by atomic mass is 9.76. The molecule has 0 saturated heterocycles. The van der Waals surface area contributed by atoms with Crippen molar-refractivity contribution >= 4 is 11.9 Å². The molecule has 0 spiro atoms. The lowest BCUT2D eigenvalue weighted by Crippen LogP contribution is -2.59. The van der Waals surface area contributed by atoms with E-state index in [1.165, 1.54) is 0 Å². The van der Waals surface area contributed by atoms with Crippen LogP contribution in [0.4, 0.5) is 0 Å². The van der Waals surface area contributed by atoms with Gasteiger partial charge in [0.25, 0.3) is 0 Å². The molecule has 0 unspecified atom stereocenters. The van der Waals surface area contributed by atoms with E-state index in [4.69, 9.17) is 4.74 Å². The predicted molar refractivity (Wildman–Crippen MR) is 71.7 cm³/mol. The van der Waals surface area contributed by atoms with E-state index in [1.54, 1.807) is 0 Å². The van der Waals surface area contributed by atoms with Crippen molar-refractivity contribution in [1.82, 2.24) is 5.32 Å². The Balaban J connectivity index is 1.66. The Morgan fingerprint density at radius 1 is 1.35 bits per heavy atom. The molecule has 1 heterocycles. The monoisotopic (exact) mass is 275 g/mol. The van der Waals surface area contributed by atoms with Gasteiger partial charge in [0.05, 0.1) is 13.0 Å². The first kappa shape index (κ1) is 13.0. The number of rotatable bonds is 4. The minimum atomic E-state index is -1.03. The van der Waals surface area contributed by atoms with Crippen molar-refractivity contribution in [3.63, 3.8) is 0 Å². The summed E-state index contributed by atoms with van der Waals surface area (Å²) in [5.74, 6) is -0.277. The van der Waals surface area contributed by atoms with Crippen molar-refractivity contribution < 1.29 is 19.4 Å². The normalized spacial score (nSPS) is 18.6. The molecule has 0 atom stereocenters. The number of benzene rings is 1. The highest BCUT2D eigenvalue weighted by Crippen LogP contribution is 2.32. The van der Waals surface area contributed by atoms with Crippen LogP contribution < -0.4 is 10.1 Å². The van der Waals surface area contributed by atoms with Crippen molar-refractivity contribution in [3.05, 3.63) is 29.3 Å². The zero-order valence-electron chi connectivity index (χ0n) is 11.1. The lowest BCUT2D eigenvalue weighted by molar-refractivity contribution is -0.151. The number of carbonyl (C=O) groups is 2. The lowest BCUT2D eigenvalue weighted by Gasteiger charge is -2.38. The molecule has 1 aromatic rings. The number of amides is 1. The van der Waals surface area contributed by atoms with Crippen LogP contribution in [0.3, 0.4) is 0 Å². The Bertz CT molecular complexity index is 563. The molecule has 1 amide bonds. The number of carbonyl (C=O) groups excluding carboxylic acids is 1. The van der Waals surface area contributed by atoms with E-state index in [0.717, 1.165) is 29.7 Å². The molecule has 106 valence electrons. The molecule has 1 aliphatic carbocycles. The minimum Gasteiger partial charge on any atom is -0.493 e. The third-order valence-electron chi connectivity index (χ3n) is 4.11. The molecule has 0 radical (unpaired) electrons. The highest BCUT2D eigenvalue weighted by Gasteiger charge is 2.45. The second kappa shape index (κ2) is 4.81. The second-order valence-electron chi connectivity index (χ2n) is 5.51. The van der Waals surface area contributed by atoms with Crippen molar-refractivity contribution in [2.45, 2.75) is 37.6 Å². The van der Waals surface area contributed by atoms with Crippen LogP contribution in [-0.4, -0.2) is 29.1 Å². The highest BCUT2D eigenvalue weighted by atomic mass is 16.5. The van der Waals surface area contributed by atoms with E-state index in [-0.39, 0.29) is 12.3 Å². The van der Waals surface area contributed by atoms with Crippen LogP contribution in [-0.2, 0) is 22.4 Å². The zero-order valence-corrected chi connectivity index (χ0v) is 11.1. The van der Waals surface area contributed by atoms with Gasteiger partial charge >= 0.3 is 5.97 Å². The van der Waals surface area contributed by atoms with Crippen molar-refractivity contribution in [2.75, 3.05) is 6.61 Å². The first-order chi connectivity index (χ1) is 9.59. The van der Waals surface area contributed by atoms with E-state index in [9.17, 15) is 14.7 Å². The molecule has 0 bridgehead atoms. The summed E-state index contributed by atoms with van der Waals surface area (Å²) >= 11 is 0. The number of fused-ring (bicyclic) bond motifs is 1. The fourth-order valence-corrected chi connectivity index (χ4v) is 2.77. The summed E-state index contributed by atoms with van der Waals surface area (Å²) in [6.07, 6.45) is 2.97. The van der Waals surface area contributed by atoms with Crippen LogP contribution in [0.25, 0.3) is 0 Å². The van der Waals surface area contributed by atoms with Crippen LogP contribution in [0.2, 0.25) is 0 Å². The Labute approximate surface area is 116 Å². The van der Waals surface area contributed by atoms with Crippen molar-refractivity contribution in [1.29, 1.82) is 0 Å². The number of carboxylic acid groups (broad SMARTS) is 1. The molecule has 1 saturated carbocycles. The Kier molecular flexibility index (Phi) is 3.12. The number of nitrogens with one attached hydrogen (secondary N) is 1. The minimum absolute atomic E-state index is 0.211. The van der Waals surface area contributed by atoms with E-state index >= 15 is 0 Å². The van der Waals surface area contributed by atoms with Crippen LogP contribution in [0.1, 0.15) is 30.4 Å². The van der Waals surface area contributed by atoms with Gasteiger partial charge in [0.15, 0.2) is 0 Å². The Hall–Kier alpha value is -2.04. The third kappa shape index (κ3) is 2.24. The molecular weight excluding hydrogens is 258 g/mol. The smallest absolute Gasteiger partial charge is 0.329 e.